The van der Waals surface area contributed by atoms with E-state index in [-0.39, 0.29) is 11.8 Å². The minimum atomic E-state index is -4.79. The molecule has 10 heteroatoms. The third kappa shape index (κ3) is 6.16. The first-order valence-electron chi connectivity index (χ1n) is 9.67. The SMILES string of the molecule is COc1ccc(Nc2cc(-c3cccc(OC(F)(F)F)c3)nc(NC(C)C)n2)c(OC)c1. The Balaban J connectivity index is 2.00. The molecule has 3 rings (SSSR count). The molecule has 0 unspecified atom stereocenters. The van der Waals surface area contributed by atoms with Crippen molar-refractivity contribution in [1.29, 1.82) is 0 Å². The van der Waals surface area contributed by atoms with Gasteiger partial charge in [-0.05, 0) is 38.1 Å². The highest BCUT2D eigenvalue weighted by Crippen LogP contribution is 2.33. The molecule has 0 aliphatic carbocycles. The molecule has 0 amide bonds. The van der Waals surface area contributed by atoms with Crippen molar-refractivity contribution >= 4 is 17.5 Å². The van der Waals surface area contributed by atoms with Crippen molar-refractivity contribution in [3.63, 3.8) is 0 Å². The maximum absolute atomic E-state index is 12.6. The number of nitrogens with zero attached hydrogens (tertiary/aromatic N) is 2. The topological polar surface area (TPSA) is 77.5 Å². The van der Waals surface area contributed by atoms with Gasteiger partial charge in [0.15, 0.2) is 0 Å². The zero-order chi connectivity index (χ0) is 23.3. The van der Waals surface area contributed by atoms with Gasteiger partial charge in [0.05, 0.1) is 25.6 Å². The minimum Gasteiger partial charge on any atom is -0.497 e. The molecule has 0 saturated carbocycles. The van der Waals surface area contributed by atoms with E-state index in [2.05, 4.69) is 25.3 Å². The van der Waals surface area contributed by atoms with E-state index >= 15 is 0 Å². The van der Waals surface area contributed by atoms with Gasteiger partial charge >= 0.3 is 6.36 Å². The van der Waals surface area contributed by atoms with Crippen LogP contribution in [0.1, 0.15) is 13.8 Å². The van der Waals surface area contributed by atoms with Crippen LogP contribution in [0.25, 0.3) is 11.3 Å². The third-order valence-electron chi connectivity index (χ3n) is 4.18. The van der Waals surface area contributed by atoms with Crippen molar-refractivity contribution in [3.05, 3.63) is 48.5 Å². The average molecular weight is 448 g/mol. The Labute approximate surface area is 183 Å². The second kappa shape index (κ2) is 9.63. The highest BCUT2D eigenvalue weighted by atomic mass is 19.4. The number of hydrogen-bond donors (Lipinski definition) is 2. The number of anilines is 3. The highest BCUT2D eigenvalue weighted by molar-refractivity contribution is 5.71. The number of ether oxygens (including phenoxy) is 3. The van der Waals surface area contributed by atoms with Gasteiger partial charge in [0.2, 0.25) is 5.95 Å². The van der Waals surface area contributed by atoms with E-state index in [1.807, 2.05) is 13.8 Å². The summed E-state index contributed by atoms with van der Waals surface area (Å²) in [6.45, 7) is 3.85. The molecular formula is C22H23F3N4O3. The number of halogens is 3. The summed E-state index contributed by atoms with van der Waals surface area (Å²) in [7, 11) is 3.09. The second-order valence-electron chi connectivity index (χ2n) is 7.03. The normalized spacial score (nSPS) is 11.2. The van der Waals surface area contributed by atoms with Crippen molar-refractivity contribution in [1.82, 2.24) is 9.97 Å². The molecule has 1 heterocycles. The van der Waals surface area contributed by atoms with Gasteiger partial charge in [-0.3, -0.25) is 0 Å². The first kappa shape index (κ1) is 23.0. The summed E-state index contributed by atoms with van der Waals surface area (Å²) in [6, 6.07) is 12.5. The number of methoxy groups -OCH3 is 2. The van der Waals surface area contributed by atoms with E-state index in [4.69, 9.17) is 9.47 Å². The fraction of sp³-hybridized carbons (Fsp3) is 0.273. The smallest absolute Gasteiger partial charge is 0.497 e. The molecule has 1 aromatic heterocycles. The van der Waals surface area contributed by atoms with Crippen LogP contribution in [0, 0.1) is 0 Å². The number of nitrogens with one attached hydrogen (secondary N) is 2. The summed E-state index contributed by atoms with van der Waals surface area (Å²) >= 11 is 0. The van der Waals surface area contributed by atoms with Crippen LogP contribution in [-0.2, 0) is 0 Å². The molecule has 7 nitrogen and oxygen atoms in total. The Morgan fingerprint density at radius 1 is 0.906 bits per heavy atom. The van der Waals surface area contributed by atoms with Gasteiger partial charge in [0, 0.05) is 23.7 Å². The number of alkyl halides is 3. The lowest BCUT2D eigenvalue weighted by molar-refractivity contribution is -0.274. The van der Waals surface area contributed by atoms with Crippen molar-refractivity contribution in [2.24, 2.45) is 0 Å². The Morgan fingerprint density at radius 3 is 2.34 bits per heavy atom. The van der Waals surface area contributed by atoms with Crippen LogP contribution in [-0.4, -0.2) is 36.6 Å². The molecule has 2 N–H and O–H groups in total. The second-order valence-corrected chi connectivity index (χ2v) is 7.03. The standard InChI is InChI=1S/C22H23F3N4O3/c1-13(2)26-21-28-18(14-6-5-7-16(10-14)32-22(23,24)25)12-20(29-21)27-17-9-8-15(30-3)11-19(17)31-4/h5-13H,1-4H3,(H2,26,27,28,29). The molecule has 0 saturated heterocycles. The average Bonchev–Trinajstić information content (AvgIpc) is 2.72. The summed E-state index contributed by atoms with van der Waals surface area (Å²) in [6.07, 6.45) is -4.79. The summed E-state index contributed by atoms with van der Waals surface area (Å²) in [4.78, 5) is 8.91. The molecule has 32 heavy (non-hydrogen) atoms. The van der Waals surface area contributed by atoms with Gasteiger partial charge in [-0.15, -0.1) is 13.2 Å². The Kier molecular flexibility index (Phi) is 6.92. The summed E-state index contributed by atoms with van der Waals surface area (Å²) in [5, 5.41) is 6.28. The summed E-state index contributed by atoms with van der Waals surface area (Å²) < 4.78 is 52.5. The van der Waals surface area contributed by atoms with Gasteiger partial charge in [-0.1, -0.05) is 12.1 Å². The van der Waals surface area contributed by atoms with Crippen LogP contribution in [0.4, 0.5) is 30.6 Å². The molecule has 170 valence electrons. The van der Waals surface area contributed by atoms with Crippen molar-refractivity contribution in [3.8, 4) is 28.5 Å². The van der Waals surface area contributed by atoms with Crippen LogP contribution < -0.4 is 24.8 Å². The molecule has 0 fully saturated rings. The van der Waals surface area contributed by atoms with Crippen LogP contribution >= 0.6 is 0 Å². The molecule has 0 aliphatic heterocycles. The van der Waals surface area contributed by atoms with E-state index in [9.17, 15) is 13.2 Å². The van der Waals surface area contributed by atoms with Crippen LogP contribution in [0.5, 0.6) is 17.2 Å². The molecule has 3 aromatic rings. The Morgan fingerprint density at radius 2 is 1.69 bits per heavy atom. The summed E-state index contributed by atoms with van der Waals surface area (Å²) in [5.74, 6) is 1.56. The van der Waals surface area contributed by atoms with Gasteiger partial charge < -0.3 is 24.8 Å². The number of benzene rings is 2. The highest BCUT2D eigenvalue weighted by Gasteiger charge is 2.31. The first-order valence-corrected chi connectivity index (χ1v) is 9.67. The minimum absolute atomic E-state index is 0.0357. The van der Waals surface area contributed by atoms with Gasteiger partial charge in [0.1, 0.15) is 23.1 Å². The Bertz CT molecular complexity index is 1070. The van der Waals surface area contributed by atoms with Gasteiger partial charge in [-0.2, -0.15) is 4.98 Å². The first-order chi connectivity index (χ1) is 15.2. The molecule has 0 aliphatic rings. The predicted molar refractivity (Wildman–Crippen MR) is 116 cm³/mol. The zero-order valence-corrected chi connectivity index (χ0v) is 17.9. The van der Waals surface area contributed by atoms with Crippen molar-refractivity contribution in [2.45, 2.75) is 26.3 Å². The fourth-order valence-electron chi connectivity index (χ4n) is 2.87. The van der Waals surface area contributed by atoms with Crippen LogP contribution in [0.3, 0.4) is 0 Å². The van der Waals surface area contributed by atoms with E-state index in [0.29, 0.717) is 40.2 Å². The van der Waals surface area contributed by atoms with Crippen molar-refractivity contribution < 1.29 is 27.4 Å². The Hall–Kier alpha value is -3.69. The lowest BCUT2D eigenvalue weighted by Gasteiger charge is -2.15. The zero-order valence-electron chi connectivity index (χ0n) is 17.9. The number of rotatable bonds is 8. The van der Waals surface area contributed by atoms with Crippen LogP contribution in [0.15, 0.2) is 48.5 Å². The van der Waals surface area contributed by atoms with E-state index < -0.39 is 6.36 Å². The number of aromatic nitrogens is 2. The number of hydrogen-bond acceptors (Lipinski definition) is 7. The fourth-order valence-corrected chi connectivity index (χ4v) is 2.87. The molecule has 0 atom stereocenters. The van der Waals surface area contributed by atoms with Crippen molar-refractivity contribution in [2.75, 3.05) is 24.9 Å². The summed E-state index contributed by atoms with van der Waals surface area (Å²) in [5.41, 5.74) is 1.47. The lowest BCUT2D eigenvalue weighted by Crippen LogP contribution is -2.17. The molecule has 0 spiro atoms. The third-order valence-corrected chi connectivity index (χ3v) is 4.18. The quantitative estimate of drug-likeness (QED) is 0.463. The molecular weight excluding hydrogens is 425 g/mol. The largest absolute Gasteiger partial charge is 0.573 e. The van der Waals surface area contributed by atoms with Gasteiger partial charge in [-0.25, -0.2) is 4.98 Å². The monoisotopic (exact) mass is 448 g/mol. The van der Waals surface area contributed by atoms with Crippen LogP contribution in [0.2, 0.25) is 0 Å². The molecule has 0 radical (unpaired) electrons. The van der Waals surface area contributed by atoms with Gasteiger partial charge in [0.25, 0.3) is 0 Å². The van der Waals surface area contributed by atoms with E-state index in [0.717, 1.165) is 0 Å². The predicted octanol–water partition coefficient (Wildman–Crippen LogP) is 5.62. The maximum atomic E-state index is 12.6. The van der Waals surface area contributed by atoms with E-state index in [1.54, 1.807) is 37.4 Å². The lowest BCUT2D eigenvalue weighted by atomic mass is 10.1. The molecule has 0 bridgehead atoms. The van der Waals surface area contributed by atoms with E-state index in [1.165, 1.54) is 25.3 Å². The maximum Gasteiger partial charge on any atom is 0.573 e. The molecule has 2 aromatic carbocycles.